The van der Waals surface area contributed by atoms with Crippen molar-refractivity contribution in [3.8, 4) is 5.75 Å². The van der Waals surface area contributed by atoms with Crippen LogP contribution in [0.3, 0.4) is 0 Å². The van der Waals surface area contributed by atoms with Crippen LogP contribution in [0.25, 0.3) is 0 Å². The summed E-state index contributed by atoms with van der Waals surface area (Å²) in [6.45, 7) is 6.23. The van der Waals surface area contributed by atoms with Crippen LogP contribution in [0.5, 0.6) is 5.75 Å². The van der Waals surface area contributed by atoms with Gasteiger partial charge in [-0.05, 0) is 47.4 Å². The van der Waals surface area contributed by atoms with Crippen molar-refractivity contribution in [2.45, 2.75) is 31.1 Å². The predicted molar refractivity (Wildman–Crippen MR) is 119 cm³/mol. The summed E-state index contributed by atoms with van der Waals surface area (Å²) in [6.07, 6.45) is 1.52. The van der Waals surface area contributed by atoms with Gasteiger partial charge in [-0.25, -0.2) is 13.4 Å². The average molecular weight is 446 g/mol. The summed E-state index contributed by atoms with van der Waals surface area (Å²) in [6, 6.07) is 13.5. The van der Waals surface area contributed by atoms with Crippen molar-refractivity contribution in [3.63, 3.8) is 0 Å². The molecular weight excluding hydrogens is 422 g/mol. The maximum Gasteiger partial charge on any atom is 0.263 e. The number of carbonyl (C=O) groups excluding carboxylic acids is 1. The second-order valence-electron chi connectivity index (χ2n) is 7.58. The number of anilines is 2. The first kappa shape index (κ1) is 21.8. The Labute approximate surface area is 180 Å². The zero-order valence-electron chi connectivity index (χ0n) is 16.9. The van der Waals surface area contributed by atoms with E-state index < -0.39 is 10.0 Å². The number of carbonyl (C=O) groups is 1. The first-order valence-electron chi connectivity index (χ1n) is 9.19. The molecule has 0 fully saturated rings. The van der Waals surface area contributed by atoms with Crippen molar-refractivity contribution < 1.29 is 17.9 Å². The summed E-state index contributed by atoms with van der Waals surface area (Å²) in [7, 11) is -3.73. The van der Waals surface area contributed by atoms with Crippen molar-refractivity contribution in [1.29, 1.82) is 0 Å². The van der Waals surface area contributed by atoms with Gasteiger partial charge < -0.3 is 10.1 Å². The highest BCUT2D eigenvalue weighted by Crippen LogP contribution is 2.24. The van der Waals surface area contributed by atoms with Crippen LogP contribution in [0.4, 0.5) is 10.8 Å². The van der Waals surface area contributed by atoms with Crippen molar-refractivity contribution in [2.24, 2.45) is 0 Å². The fourth-order valence-corrected chi connectivity index (χ4v) is 4.35. The van der Waals surface area contributed by atoms with E-state index in [0.29, 0.717) is 16.6 Å². The van der Waals surface area contributed by atoms with Gasteiger partial charge in [0.25, 0.3) is 15.9 Å². The Hall–Kier alpha value is -2.91. The Morgan fingerprint density at radius 2 is 1.73 bits per heavy atom. The van der Waals surface area contributed by atoms with Crippen LogP contribution in [0.1, 0.15) is 26.3 Å². The van der Waals surface area contributed by atoms with Gasteiger partial charge in [0.05, 0.1) is 4.90 Å². The Bertz CT molecular complexity index is 1090. The molecule has 0 unspecified atom stereocenters. The van der Waals surface area contributed by atoms with Crippen LogP contribution in [0.2, 0.25) is 0 Å². The van der Waals surface area contributed by atoms with Gasteiger partial charge in [0.2, 0.25) is 0 Å². The lowest BCUT2D eigenvalue weighted by atomic mass is 9.87. The number of amides is 1. The Kier molecular flexibility index (Phi) is 6.42. The molecule has 0 saturated heterocycles. The Balaban J connectivity index is 1.54. The predicted octanol–water partition coefficient (Wildman–Crippen LogP) is 4.26. The zero-order valence-corrected chi connectivity index (χ0v) is 18.5. The largest absolute Gasteiger partial charge is 0.484 e. The third-order valence-electron chi connectivity index (χ3n) is 4.19. The van der Waals surface area contributed by atoms with Gasteiger partial charge >= 0.3 is 0 Å². The molecule has 2 aromatic carbocycles. The third-order valence-corrected chi connectivity index (χ3v) is 6.37. The van der Waals surface area contributed by atoms with E-state index in [1.807, 2.05) is 24.3 Å². The summed E-state index contributed by atoms with van der Waals surface area (Å²) in [4.78, 5) is 16.1. The van der Waals surface area contributed by atoms with E-state index in [2.05, 4.69) is 35.8 Å². The summed E-state index contributed by atoms with van der Waals surface area (Å²) >= 11 is 1.19. The van der Waals surface area contributed by atoms with Crippen LogP contribution < -0.4 is 14.8 Å². The molecule has 0 aliphatic heterocycles. The lowest BCUT2D eigenvalue weighted by Crippen LogP contribution is -2.20. The number of hydrogen-bond donors (Lipinski definition) is 2. The molecule has 30 heavy (non-hydrogen) atoms. The number of nitrogens with zero attached hydrogens (tertiary/aromatic N) is 1. The molecule has 3 aromatic rings. The average Bonchev–Trinajstić information content (AvgIpc) is 3.19. The Morgan fingerprint density at radius 1 is 1.07 bits per heavy atom. The molecule has 0 atom stereocenters. The van der Waals surface area contributed by atoms with E-state index in [1.54, 1.807) is 5.38 Å². The first-order chi connectivity index (χ1) is 14.1. The number of ether oxygens (including phenoxy) is 1. The highest BCUT2D eigenvalue weighted by atomic mass is 32.2. The third kappa shape index (κ3) is 5.80. The number of sulfonamides is 1. The number of hydrogen-bond acceptors (Lipinski definition) is 6. The summed E-state index contributed by atoms with van der Waals surface area (Å²) in [5.41, 5.74) is 1.70. The van der Waals surface area contributed by atoms with Crippen LogP contribution in [0.15, 0.2) is 65.0 Å². The van der Waals surface area contributed by atoms with Gasteiger partial charge in [-0.3, -0.25) is 9.52 Å². The second-order valence-corrected chi connectivity index (χ2v) is 10.2. The fourth-order valence-electron chi connectivity index (χ4n) is 2.56. The van der Waals surface area contributed by atoms with E-state index >= 15 is 0 Å². The van der Waals surface area contributed by atoms with Crippen molar-refractivity contribution in [2.75, 3.05) is 16.6 Å². The van der Waals surface area contributed by atoms with Gasteiger partial charge in [-0.2, -0.15) is 0 Å². The van der Waals surface area contributed by atoms with E-state index in [9.17, 15) is 13.2 Å². The zero-order chi connectivity index (χ0) is 21.8. The normalized spacial score (nSPS) is 11.7. The molecule has 1 heterocycles. The molecule has 1 amide bonds. The highest BCUT2D eigenvalue weighted by Gasteiger charge is 2.16. The van der Waals surface area contributed by atoms with Gasteiger partial charge in [-0.15, -0.1) is 11.3 Å². The molecule has 158 valence electrons. The van der Waals surface area contributed by atoms with E-state index in [4.69, 9.17) is 4.74 Å². The molecule has 9 heteroatoms. The lowest BCUT2D eigenvalue weighted by molar-refractivity contribution is -0.118. The SMILES string of the molecule is CC(C)(C)c1ccc(OCC(=O)Nc2ccc(S(=O)(=O)Nc3nccs3)cc2)cc1. The molecular formula is C21H23N3O4S2. The topological polar surface area (TPSA) is 97.4 Å². The molecule has 0 aliphatic carbocycles. The number of rotatable bonds is 7. The second kappa shape index (κ2) is 8.85. The molecule has 2 N–H and O–H groups in total. The van der Waals surface area contributed by atoms with Crippen LogP contribution in [-0.4, -0.2) is 25.9 Å². The van der Waals surface area contributed by atoms with Gasteiger partial charge in [0.1, 0.15) is 5.75 Å². The summed E-state index contributed by atoms with van der Waals surface area (Å²) in [5, 5.41) is 4.65. The monoisotopic (exact) mass is 445 g/mol. The highest BCUT2D eigenvalue weighted by molar-refractivity contribution is 7.93. The lowest BCUT2D eigenvalue weighted by Gasteiger charge is -2.19. The van der Waals surface area contributed by atoms with Crippen LogP contribution in [0, 0.1) is 0 Å². The van der Waals surface area contributed by atoms with Crippen LogP contribution in [-0.2, 0) is 20.2 Å². The molecule has 0 spiro atoms. The molecule has 3 rings (SSSR count). The quantitative estimate of drug-likeness (QED) is 0.566. The van der Waals surface area contributed by atoms with E-state index in [1.165, 1.54) is 47.4 Å². The standard InChI is InChI=1S/C21H23N3O4S2/c1-21(2,3)15-4-8-17(9-5-15)28-14-19(25)23-16-6-10-18(11-7-16)30(26,27)24-20-22-12-13-29-20/h4-13H,14H2,1-3H3,(H,22,24)(H,23,25). The van der Waals surface area contributed by atoms with Crippen molar-refractivity contribution in [1.82, 2.24) is 4.98 Å². The van der Waals surface area contributed by atoms with Crippen molar-refractivity contribution in [3.05, 3.63) is 65.7 Å². The molecule has 0 bridgehead atoms. The minimum Gasteiger partial charge on any atom is -0.484 e. The maximum absolute atomic E-state index is 12.3. The number of thiazole rings is 1. The number of aromatic nitrogens is 1. The molecule has 0 radical (unpaired) electrons. The maximum atomic E-state index is 12.3. The molecule has 1 aromatic heterocycles. The Morgan fingerprint density at radius 3 is 2.30 bits per heavy atom. The molecule has 7 nitrogen and oxygen atoms in total. The smallest absolute Gasteiger partial charge is 0.263 e. The minimum atomic E-state index is -3.73. The molecule has 0 aliphatic rings. The summed E-state index contributed by atoms with van der Waals surface area (Å²) < 4.78 is 32.6. The van der Waals surface area contributed by atoms with Gasteiger partial charge in [0.15, 0.2) is 11.7 Å². The van der Waals surface area contributed by atoms with Gasteiger partial charge in [0, 0.05) is 17.3 Å². The number of benzene rings is 2. The fraction of sp³-hybridized carbons (Fsp3) is 0.238. The van der Waals surface area contributed by atoms with E-state index in [0.717, 1.165) is 0 Å². The van der Waals surface area contributed by atoms with Gasteiger partial charge in [-0.1, -0.05) is 32.9 Å². The minimum absolute atomic E-state index is 0.0470. The first-order valence-corrected chi connectivity index (χ1v) is 11.6. The number of nitrogens with one attached hydrogen (secondary N) is 2. The van der Waals surface area contributed by atoms with E-state index in [-0.39, 0.29) is 22.8 Å². The van der Waals surface area contributed by atoms with Crippen LogP contribution >= 0.6 is 11.3 Å². The summed E-state index contributed by atoms with van der Waals surface area (Å²) in [5.74, 6) is 0.263. The molecule has 0 saturated carbocycles. The van der Waals surface area contributed by atoms with Crippen molar-refractivity contribution >= 4 is 38.1 Å².